The summed E-state index contributed by atoms with van der Waals surface area (Å²) in [6.07, 6.45) is 47.9. The SMILES string of the molecule is CCCCCCCCCCCCCCCCCC(=O)OC(C)CCCCS.CCCCCCCCCCCCCCCCCC(=O)OC(CC)CCCS. The zero-order valence-electron chi connectivity index (χ0n) is 37.0. The predicted molar refractivity (Wildman–Crippen MR) is 246 cm³/mol. The van der Waals surface area contributed by atoms with Gasteiger partial charge < -0.3 is 9.47 Å². The summed E-state index contributed by atoms with van der Waals surface area (Å²) in [4.78, 5) is 23.7. The Hall–Kier alpha value is -0.360. The van der Waals surface area contributed by atoms with Crippen molar-refractivity contribution in [2.45, 2.75) is 284 Å². The largest absolute Gasteiger partial charge is 0.463 e. The molecule has 2 atom stereocenters. The van der Waals surface area contributed by atoms with Gasteiger partial charge in [-0.15, -0.1) is 0 Å². The van der Waals surface area contributed by atoms with E-state index in [0.29, 0.717) is 12.8 Å². The third-order valence-corrected chi connectivity index (χ3v) is 11.4. The fourth-order valence-corrected chi connectivity index (χ4v) is 7.48. The van der Waals surface area contributed by atoms with E-state index in [-0.39, 0.29) is 24.1 Å². The van der Waals surface area contributed by atoms with E-state index in [9.17, 15) is 9.59 Å². The van der Waals surface area contributed by atoms with Crippen LogP contribution in [0.15, 0.2) is 0 Å². The Kier molecular flexibility index (Phi) is 50.4. The Morgan fingerprint density at radius 1 is 0.389 bits per heavy atom. The molecule has 324 valence electrons. The van der Waals surface area contributed by atoms with Gasteiger partial charge in [0.2, 0.25) is 0 Å². The molecule has 0 aliphatic carbocycles. The van der Waals surface area contributed by atoms with Gasteiger partial charge in [-0.25, -0.2) is 0 Å². The Morgan fingerprint density at radius 3 is 1.02 bits per heavy atom. The number of ether oxygens (including phenoxy) is 2. The van der Waals surface area contributed by atoms with Crippen molar-refractivity contribution < 1.29 is 19.1 Å². The molecule has 0 N–H and O–H groups in total. The minimum Gasteiger partial charge on any atom is -0.463 e. The smallest absolute Gasteiger partial charge is 0.306 e. The molecule has 2 unspecified atom stereocenters. The van der Waals surface area contributed by atoms with Crippen molar-refractivity contribution in [3.8, 4) is 0 Å². The van der Waals surface area contributed by atoms with Gasteiger partial charge in [-0.2, -0.15) is 25.3 Å². The number of thiol groups is 2. The van der Waals surface area contributed by atoms with E-state index in [4.69, 9.17) is 9.47 Å². The summed E-state index contributed by atoms with van der Waals surface area (Å²) in [5.74, 6) is 1.77. The normalized spacial score (nSPS) is 12.3. The van der Waals surface area contributed by atoms with Gasteiger partial charge >= 0.3 is 11.9 Å². The number of carbonyl (C=O) groups is 2. The molecule has 54 heavy (non-hydrogen) atoms. The molecule has 0 heterocycles. The molecule has 0 amide bonds. The lowest BCUT2D eigenvalue weighted by molar-refractivity contribution is -0.150. The Bertz CT molecular complexity index is 734. The third-order valence-electron chi connectivity index (χ3n) is 10.8. The van der Waals surface area contributed by atoms with Crippen LogP contribution in [0.5, 0.6) is 0 Å². The first-order chi connectivity index (χ1) is 26.4. The second-order valence-electron chi connectivity index (χ2n) is 16.3. The van der Waals surface area contributed by atoms with E-state index in [1.807, 2.05) is 6.92 Å². The van der Waals surface area contributed by atoms with E-state index in [2.05, 4.69) is 46.0 Å². The molecular formula is C48H96O4S2. The second kappa shape index (κ2) is 48.8. The summed E-state index contributed by atoms with van der Waals surface area (Å²) in [6, 6.07) is 0. The zero-order valence-corrected chi connectivity index (χ0v) is 38.8. The highest BCUT2D eigenvalue weighted by Gasteiger charge is 2.12. The van der Waals surface area contributed by atoms with Crippen molar-refractivity contribution >= 4 is 37.2 Å². The molecule has 0 aliphatic rings. The van der Waals surface area contributed by atoms with Crippen LogP contribution in [0.1, 0.15) is 272 Å². The van der Waals surface area contributed by atoms with Crippen molar-refractivity contribution in [2.75, 3.05) is 11.5 Å². The molecular weight excluding hydrogens is 705 g/mol. The standard InChI is InChI=1S/2C24H48O2S/c1-3-4-5-6-7-8-9-10-11-12-13-14-15-16-17-21-24(25)26-23(2)20-18-19-22-27;1-3-5-6-7-8-9-10-11-12-13-14-15-16-17-18-21-24(25)26-23(4-2)20-19-22-27/h2*23,27H,3-22H2,1-2H3. The van der Waals surface area contributed by atoms with Crippen LogP contribution in [0.4, 0.5) is 0 Å². The summed E-state index contributed by atoms with van der Waals surface area (Å²) in [5, 5.41) is 0. The van der Waals surface area contributed by atoms with Crippen LogP contribution < -0.4 is 0 Å². The van der Waals surface area contributed by atoms with Gasteiger partial charge in [0.25, 0.3) is 0 Å². The van der Waals surface area contributed by atoms with E-state index in [0.717, 1.165) is 62.9 Å². The molecule has 6 heteroatoms. The van der Waals surface area contributed by atoms with Crippen LogP contribution in [-0.2, 0) is 19.1 Å². The van der Waals surface area contributed by atoms with Crippen LogP contribution in [0.25, 0.3) is 0 Å². The summed E-state index contributed by atoms with van der Waals surface area (Å²) in [7, 11) is 0. The molecule has 0 aliphatic heterocycles. The summed E-state index contributed by atoms with van der Waals surface area (Å²) >= 11 is 8.43. The monoisotopic (exact) mass is 801 g/mol. The lowest BCUT2D eigenvalue weighted by Gasteiger charge is -2.15. The molecule has 4 nitrogen and oxygen atoms in total. The van der Waals surface area contributed by atoms with Crippen molar-refractivity contribution in [1.82, 2.24) is 0 Å². The maximum Gasteiger partial charge on any atom is 0.306 e. The molecule has 0 saturated carbocycles. The van der Waals surface area contributed by atoms with E-state index >= 15 is 0 Å². The van der Waals surface area contributed by atoms with E-state index in [1.165, 1.54) is 180 Å². The molecule has 0 rings (SSSR count). The van der Waals surface area contributed by atoms with Gasteiger partial charge in [0.1, 0.15) is 6.10 Å². The minimum atomic E-state index is -0.0110. The maximum absolute atomic E-state index is 11.9. The minimum absolute atomic E-state index is 0.00397. The summed E-state index contributed by atoms with van der Waals surface area (Å²) in [6.45, 7) is 8.65. The molecule has 0 fully saturated rings. The van der Waals surface area contributed by atoms with E-state index in [1.54, 1.807) is 0 Å². The lowest BCUT2D eigenvalue weighted by Crippen LogP contribution is -2.17. The average molecular weight is 801 g/mol. The average Bonchev–Trinajstić information content (AvgIpc) is 3.16. The van der Waals surface area contributed by atoms with Gasteiger partial charge in [-0.3, -0.25) is 9.59 Å². The Balaban J connectivity index is 0. The van der Waals surface area contributed by atoms with Crippen molar-refractivity contribution in [1.29, 1.82) is 0 Å². The molecule has 0 saturated heterocycles. The number of carbonyl (C=O) groups excluding carboxylic acids is 2. The number of hydrogen-bond acceptors (Lipinski definition) is 6. The van der Waals surface area contributed by atoms with Crippen molar-refractivity contribution in [3.05, 3.63) is 0 Å². The van der Waals surface area contributed by atoms with Crippen LogP contribution in [0.3, 0.4) is 0 Å². The Labute approximate surface area is 350 Å². The number of rotatable bonds is 42. The maximum atomic E-state index is 11.9. The molecule has 0 radical (unpaired) electrons. The summed E-state index contributed by atoms with van der Waals surface area (Å²) < 4.78 is 11.0. The van der Waals surface area contributed by atoms with Crippen LogP contribution >= 0.6 is 25.3 Å². The third kappa shape index (κ3) is 47.8. The first-order valence-corrected chi connectivity index (χ1v) is 25.3. The lowest BCUT2D eigenvalue weighted by atomic mass is 10.0. The molecule has 0 spiro atoms. The topological polar surface area (TPSA) is 52.6 Å². The van der Waals surface area contributed by atoms with Gasteiger partial charge in [0.15, 0.2) is 0 Å². The summed E-state index contributed by atoms with van der Waals surface area (Å²) in [5.41, 5.74) is 0. The molecule has 0 aromatic carbocycles. The molecule has 0 aromatic heterocycles. The zero-order chi connectivity index (χ0) is 40.0. The molecule has 0 bridgehead atoms. The van der Waals surface area contributed by atoms with Crippen LogP contribution in [0, 0.1) is 0 Å². The van der Waals surface area contributed by atoms with Crippen LogP contribution in [-0.4, -0.2) is 35.7 Å². The van der Waals surface area contributed by atoms with Crippen LogP contribution in [0.2, 0.25) is 0 Å². The highest BCUT2D eigenvalue weighted by Crippen LogP contribution is 2.16. The highest BCUT2D eigenvalue weighted by atomic mass is 32.1. The van der Waals surface area contributed by atoms with Gasteiger partial charge in [-0.05, 0) is 69.8 Å². The highest BCUT2D eigenvalue weighted by molar-refractivity contribution is 7.80. The van der Waals surface area contributed by atoms with Gasteiger partial charge in [-0.1, -0.05) is 201 Å². The fraction of sp³-hybridized carbons (Fsp3) is 0.958. The first-order valence-electron chi connectivity index (χ1n) is 24.1. The predicted octanol–water partition coefficient (Wildman–Crippen LogP) is 16.6. The van der Waals surface area contributed by atoms with Gasteiger partial charge in [0, 0.05) is 12.8 Å². The van der Waals surface area contributed by atoms with E-state index < -0.39 is 0 Å². The van der Waals surface area contributed by atoms with Crippen molar-refractivity contribution in [3.63, 3.8) is 0 Å². The Morgan fingerprint density at radius 2 is 0.704 bits per heavy atom. The second-order valence-corrected chi connectivity index (χ2v) is 17.2. The number of hydrogen-bond donors (Lipinski definition) is 2. The first kappa shape index (κ1) is 55.7. The number of esters is 2. The van der Waals surface area contributed by atoms with Crippen molar-refractivity contribution in [2.24, 2.45) is 0 Å². The number of unbranched alkanes of at least 4 members (excludes halogenated alkanes) is 29. The fourth-order valence-electron chi connectivity index (χ4n) is 7.08. The quantitative estimate of drug-likeness (QED) is 0.0367. The van der Waals surface area contributed by atoms with Gasteiger partial charge in [0.05, 0.1) is 6.10 Å². The molecule has 0 aromatic rings.